The zero-order chi connectivity index (χ0) is 13.9. The van der Waals surface area contributed by atoms with Gasteiger partial charge < -0.3 is 10.8 Å². The van der Waals surface area contributed by atoms with Crippen molar-refractivity contribution in [2.75, 3.05) is 19.6 Å². The molecule has 1 aliphatic rings. The molecule has 6 nitrogen and oxygen atoms in total. The Bertz CT molecular complexity index is 619. The highest BCUT2D eigenvalue weighted by Crippen LogP contribution is 2.20. The molecule has 1 atom stereocenters. The lowest BCUT2D eigenvalue weighted by molar-refractivity contribution is 0.189. The summed E-state index contributed by atoms with van der Waals surface area (Å²) in [6.45, 7) is 0.651. The number of rotatable bonds is 2. The second-order valence-electron chi connectivity index (χ2n) is 4.22. The Labute approximate surface area is 112 Å². The maximum absolute atomic E-state index is 12.3. The monoisotopic (exact) mass is 281 g/mol. The second kappa shape index (κ2) is 5.67. The van der Waals surface area contributed by atoms with Crippen LogP contribution in [0.15, 0.2) is 23.4 Å². The number of sulfonamides is 1. The van der Waals surface area contributed by atoms with E-state index >= 15 is 0 Å². The predicted octanol–water partition coefficient (Wildman–Crippen LogP) is -0.853. The molecule has 0 bridgehead atoms. The number of aliphatic hydroxyl groups excluding tert-OH is 1. The van der Waals surface area contributed by atoms with Gasteiger partial charge in [0.25, 0.3) is 0 Å². The number of hydrogen-bond acceptors (Lipinski definition) is 5. The molecule has 0 aromatic carbocycles. The van der Waals surface area contributed by atoms with Crippen LogP contribution in [0.4, 0.5) is 0 Å². The van der Waals surface area contributed by atoms with Gasteiger partial charge in [0, 0.05) is 31.0 Å². The van der Waals surface area contributed by atoms with Gasteiger partial charge in [0.1, 0.15) is 4.90 Å². The van der Waals surface area contributed by atoms with E-state index in [1.54, 1.807) is 0 Å². The zero-order valence-corrected chi connectivity index (χ0v) is 11.1. The third-order valence-corrected chi connectivity index (χ3v) is 4.64. The molecule has 2 heterocycles. The Hall–Kier alpha value is -1.46. The highest BCUT2D eigenvalue weighted by molar-refractivity contribution is 7.89. The Morgan fingerprint density at radius 1 is 1.53 bits per heavy atom. The maximum atomic E-state index is 12.3. The fourth-order valence-electron chi connectivity index (χ4n) is 1.86. The van der Waals surface area contributed by atoms with Gasteiger partial charge in [0.05, 0.1) is 12.6 Å². The predicted molar refractivity (Wildman–Crippen MR) is 69.6 cm³/mol. The van der Waals surface area contributed by atoms with E-state index in [0.29, 0.717) is 18.5 Å². The van der Waals surface area contributed by atoms with E-state index in [1.165, 1.54) is 22.8 Å². The van der Waals surface area contributed by atoms with Crippen LogP contribution in [0.1, 0.15) is 12.0 Å². The van der Waals surface area contributed by atoms with Crippen LogP contribution in [0.25, 0.3) is 0 Å². The van der Waals surface area contributed by atoms with Gasteiger partial charge in [-0.15, -0.1) is 0 Å². The minimum absolute atomic E-state index is 0.0884. The molecule has 19 heavy (non-hydrogen) atoms. The lowest BCUT2D eigenvalue weighted by Crippen LogP contribution is -2.29. The SMILES string of the molecule is NCC#Cc1cncc(S(=O)(=O)N2CCC(O)C2)c1. The smallest absolute Gasteiger partial charge is 0.244 e. The van der Waals surface area contributed by atoms with Crippen molar-refractivity contribution in [2.24, 2.45) is 5.73 Å². The largest absolute Gasteiger partial charge is 0.392 e. The summed E-state index contributed by atoms with van der Waals surface area (Å²) in [7, 11) is -3.61. The zero-order valence-electron chi connectivity index (χ0n) is 10.3. The van der Waals surface area contributed by atoms with Gasteiger partial charge in [-0.1, -0.05) is 11.8 Å². The summed E-state index contributed by atoms with van der Waals surface area (Å²) in [5, 5.41) is 9.42. The summed E-state index contributed by atoms with van der Waals surface area (Å²) >= 11 is 0. The van der Waals surface area contributed by atoms with E-state index in [4.69, 9.17) is 5.73 Å². The molecule has 0 radical (unpaired) electrons. The molecule has 1 aliphatic heterocycles. The molecule has 1 fully saturated rings. The average molecular weight is 281 g/mol. The standard InChI is InChI=1S/C12H15N3O3S/c13-4-1-2-10-6-12(8-14-7-10)19(17,18)15-5-3-11(16)9-15/h6-8,11,16H,3-5,9,13H2. The van der Waals surface area contributed by atoms with Gasteiger partial charge in [-0.3, -0.25) is 4.98 Å². The number of pyridine rings is 1. The molecule has 0 amide bonds. The van der Waals surface area contributed by atoms with Crippen molar-refractivity contribution < 1.29 is 13.5 Å². The number of aliphatic hydroxyl groups is 1. The first-order valence-electron chi connectivity index (χ1n) is 5.86. The molecule has 1 aromatic heterocycles. The van der Waals surface area contributed by atoms with Crippen LogP contribution < -0.4 is 5.73 Å². The van der Waals surface area contributed by atoms with E-state index in [-0.39, 0.29) is 18.0 Å². The Morgan fingerprint density at radius 3 is 2.95 bits per heavy atom. The maximum Gasteiger partial charge on any atom is 0.244 e. The Balaban J connectivity index is 2.30. The first-order chi connectivity index (χ1) is 9.04. The number of aromatic nitrogens is 1. The summed E-state index contributed by atoms with van der Waals surface area (Å²) in [6, 6.07) is 1.47. The van der Waals surface area contributed by atoms with E-state index in [0.717, 1.165) is 0 Å². The van der Waals surface area contributed by atoms with E-state index in [9.17, 15) is 13.5 Å². The van der Waals surface area contributed by atoms with Crippen molar-refractivity contribution in [1.82, 2.24) is 9.29 Å². The van der Waals surface area contributed by atoms with Crippen molar-refractivity contribution >= 4 is 10.0 Å². The molecule has 7 heteroatoms. The number of hydrogen-bond donors (Lipinski definition) is 2. The summed E-state index contributed by atoms with van der Waals surface area (Å²) in [6.07, 6.45) is 2.64. The lowest BCUT2D eigenvalue weighted by Gasteiger charge is -2.15. The Morgan fingerprint density at radius 2 is 2.32 bits per heavy atom. The minimum Gasteiger partial charge on any atom is -0.392 e. The van der Waals surface area contributed by atoms with E-state index in [1.807, 2.05) is 0 Å². The minimum atomic E-state index is -3.61. The highest BCUT2D eigenvalue weighted by atomic mass is 32.2. The van der Waals surface area contributed by atoms with Crippen LogP contribution in [0.5, 0.6) is 0 Å². The first kappa shape index (κ1) is 14.0. The molecular formula is C12H15N3O3S. The molecule has 1 unspecified atom stereocenters. The average Bonchev–Trinajstić information content (AvgIpc) is 2.84. The van der Waals surface area contributed by atoms with Crippen molar-refractivity contribution in [2.45, 2.75) is 17.4 Å². The summed E-state index contributed by atoms with van der Waals surface area (Å²) in [5.74, 6) is 5.40. The van der Waals surface area contributed by atoms with Gasteiger partial charge in [0.2, 0.25) is 10.0 Å². The van der Waals surface area contributed by atoms with Gasteiger partial charge in [-0.05, 0) is 12.5 Å². The molecule has 3 N–H and O–H groups in total. The van der Waals surface area contributed by atoms with Crippen molar-refractivity contribution in [1.29, 1.82) is 0 Å². The van der Waals surface area contributed by atoms with Gasteiger partial charge in [-0.25, -0.2) is 8.42 Å². The Kier molecular flexibility index (Phi) is 4.17. The van der Waals surface area contributed by atoms with Crippen molar-refractivity contribution in [3.63, 3.8) is 0 Å². The number of nitrogens with two attached hydrogens (primary N) is 1. The van der Waals surface area contributed by atoms with Crippen molar-refractivity contribution in [3.05, 3.63) is 24.0 Å². The van der Waals surface area contributed by atoms with E-state index < -0.39 is 16.1 Å². The molecule has 0 aliphatic carbocycles. The molecule has 0 saturated carbocycles. The van der Waals surface area contributed by atoms with Gasteiger partial charge in [0.15, 0.2) is 0 Å². The van der Waals surface area contributed by atoms with Crippen LogP contribution in [0.2, 0.25) is 0 Å². The molecule has 1 saturated heterocycles. The lowest BCUT2D eigenvalue weighted by atomic mass is 10.3. The van der Waals surface area contributed by atoms with Crippen molar-refractivity contribution in [3.8, 4) is 11.8 Å². The topological polar surface area (TPSA) is 96.5 Å². The van der Waals surface area contributed by atoms with Crippen LogP contribution in [0, 0.1) is 11.8 Å². The summed E-state index contributed by atoms with van der Waals surface area (Å²) in [5.41, 5.74) is 5.77. The van der Waals surface area contributed by atoms with Crippen LogP contribution in [-0.4, -0.2) is 48.6 Å². The fraction of sp³-hybridized carbons (Fsp3) is 0.417. The van der Waals surface area contributed by atoms with Gasteiger partial charge >= 0.3 is 0 Å². The molecule has 1 aromatic rings. The van der Waals surface area contributed by atoms with Crippen LogP contribution in [-0.2, 0) is 10.0 Å². The highest BCUT2D eigenvalue weighted by Gasteiger charge is 2.31. The second-order valence-corrected chi connectivity index (χ2v) is 6.16. The summed E-state index contributed by atoms with van der Waals surface area (Å²) in [4.78, 5) is 3.97. The number of nitrogens with zero attached hydrogens (tertiary/aromatic N) is 2. The van der Waals surface area contributed by atoms with Crippen LogP contribution in [0.3, 0.4) is 0 Å². The molecule has 2 rings (SSSR count). The van der Waals surface area contributed by atoms with Crippen LogP contribution >= 0.6 is 0 Å². The third-order valence-electron chi connectivity index (χ3n) is 2.81. The third kappa shape index (κ3) is 3.11. The summed E-state index contributed by atoms with van der Waals surface area (Å²) < 4.78 is 25.9. The van der Waals surface area contributed by atoms with Gasteiger partial charge in [-0.2, -0.15) is 4.31 Å². The fourth-order valence-corrected chi connectivity index (χ4v) is 3.34. The number of β-amino-alcohol motifs (C(OH)–C–C–N with tert-alkyl or cyclic N) is 1. The quantitative estimate of drug-likeness (QED) is 0.688. The normalized spacial score (nSPS) is 20.0. The first-order valence-corrected chi connectivity index (χ1v) is 7.30. The van der Waals surface area contributed by atoms with E-state index in [2.05, 4.69) is 16.8 Å². The molecular weight excluding hydrogens is 266 g/mol. The molecule has 102 valence electrons. The molecule has 0 spiro atoms.